The maximum atomic E-state index is 13.0. The van der Waals surface area contributed by atoms with Gasteiger partial charge in [0.25, 0.3) is 0 Å². The normalized spacial score (nSPS) is 14.1. The van der Waals surface area contributed by atoms with Gasteiger partial charge in [-0.15, -0.1) is 0 Å². The molecule has 0 heterocycles. The van der Waals surface area contributed by atoms with E-state index >= 15 is 0 Å². The Bertz CT molecular complexity index is 646. The highest BCUT2D eigenvalue weighted by atomic mass is 127. The second-order valence-electron chi connectivity index (χ2n) is 4.99. The van der Waals surface area contributed by atoms with Gasteiger partial charge < -0.3 is 5.32 Å². The molecular weight excluding hydrogens is 368 g/mol. The largest absolute Gasteiger partial charge is 0.325 e. The first-order valence-corrected chi connectivity index (χ1v) is 7.54. The van der Waals surface area contributed by atoms with E-state index in [0.29, 0.717) is 9.26 Å². The van der Waals surface area contributed by atoms with E-state index in [2.05, 4.69) is 17.4 Å². The highest BCUT2D eigenvalue weighted by molar-refractivity contribution is 14.1. The van der Waals surface area contributed by atoms with Crippen LogP contribution in [0.3, 0.4) is 0 Å². The first-order chi connectivity index (χ1) is 9.63. The van der Waals surface area contributed by atoms with E-state index in [-0.39, 0.29) is 17.6 Å². The van der Waals surface area contributed by atoms with Gasteiger partial charge in [0.15, 0.2) is 0 Å². The van der Waals surface area contributed by atoms with Gasteiger partial charge in [-0.25, -0.2) is 4.39 Å². The number of nitrogens with one attached hydrogen (secondary N) is 1. The number of carbonyl (C=O) groups is 1. The van der Waals surface area contributed by atoms with Crippen molar-refractivity contribution in [2.24, 2.45) is 5.92 Å². The molecule has 0 aromatic heterocycles. The van der Waals surface area contributed by atoms with Crippen molar-refractivity contribution in [3.05, 3.63) is 63.0 Å². The minimum absolute atomic E-state index is 0.00530. The second-order valence-corrected chi connectivity index (χ2v) is 6.15. The molecule has 0 saturated carbocycles. The molecule has 0 spiro atoms. The summed E-state index contributed by atoms with van der Waals surface area (Å²) in [6.45, 7) is 0. The average Bonchev–Trinajstić information content (AvgIpc) is 2.86. The Morgan fingerprint density at radius 2 is 1.80 bits per heavy atom. The zero-order valence-corrected chi connectivity index (χ0v) is 12.9. The van der Waals surface area contributed by atoms with Gasteiger partial charge in [-0.05, 0) is 64.8 Å². The van der Waals surface area contributed by atoms with Crippen LogP contribution >= 0.6 is 22.6 Å². The molecule has 1 N–H and O–H groups in total. The summed E-state index contributed by atoms with van der Waals surface area (Å²) in [5.74, 6) is -0.320. The van der Waals surface area contributed by atoms with Crippen molar-refractivity contribution in [2.45, 2.75) is 12.8 Å². The van der Waals surface area contributed by atoms with Crippen molar-refractivity contribution in [2.75, 3.05) is 5.32 Å². The third-order valence-electron chi connectivity index (χ3n) is 3.61. The minimum atomic E-state index is -0.291. The molecule has 2 aromatic carbocycles. The number of amides is 1. The van der Waals surface area contributed by atoms with E-state index < -0.39 is 0 Å². The van der Waals surface area contributed by atoms with Gasteiger partial charge in [-0.1, -0.05) is 24.3 Å². The number of carbonyl (C=O) groups excluding carboxylic acids is 1. The lowest BCUT2D eigenvalue weighted by atomic mass is 10.1. The Labute approximate surface area is 130 Å². The first-order valence-electron chi connectivity index (χ1n) is 6.46. The molecule has 1 aliphatic rings. The van der Waals surface area contributed by atoms with Crippen LogP contribution in [0.15, 0.2) is 42.5 Å². The summed E-state index contributed by atoms with van der Waals surface area (Å²) in [6.07, 6.45) is 1.56. The molecule has 4 heteroatoms. The minimum Gasteiger partial charge on any atom is -0.325 e. The van der Waals surface area contributed by atoms with Crippen LogP contribution in [0, 0.1) is 15.3 Å². The molecule has 2 aromatic rings. The van der Waals surface area contributed by atoms with Crippen LogP contribution in [0.2, 0.25) is 0 Å². The fraction of sp³-hybridized carbons (Fsp3) is 0.188. The maximum Gasteiger partial charge on any atom is 0.228 e. The Morgan fingerprint density at radius 3 is 2.40 bits per heavy atom. The summed E-state index contributed by atoms with van der Waals surface area (Å²) < 4.78 is 13.8. The van der Waals surface area contributed by atoms with E-state index in [1.807, 2.05) is 34.7 Å². The van der Waals surface area contributed by atoms with Crippen LogP contribution in [-0.2, 0) is 17.6 Å². The highest BCUT2D eigenvalue weighted by Crippen LogP contribution is 2.28. The fourth-order valence-electron chi connectivity index (χ4n) is 2.57. The van der Waals surface area contributed by atoms with Crippen LogP contribution in [0.1, 0.15) is 11.1 Å². The van der Waals surface area contributed by atoms with Crippen molar-refractivity contribution < 1.29 is 9.18 Å². The lowest BCUT2D eigenvalue weighted by Crippen LogP contribution is -2.23. The number of anilines is 1. The molecule has 0 unspecified atom stereocenters. The van der Waals surface area contributed by atoms with E-state index in [1.54, 1.807) is 6.07 Å². The van der Waals surface area contributed by atoms with Crippen molar-refractivity contribution in [3.8, 4) is 0 Å². The Kier molecular flexibility index (Phi) is 3.74. The molecule has 1 aliphatic carbocycles. The summed E-state index contributed by atoms with van der Waals surface area (Å²) in [6, 6.07) is 12.5. The van der Waals surface area contributed by atoms with E-state index in [9.17, 15) is 9.18 Å². The summed E-state index contributed by atoms with van der Waals surface area (Å²) in [5.41, 5.74) is 3.18. The monoisotopic (exact) mass is 381 g/mol. The topological polar surface area (TPSA) is 29.1 Å². The molecule has 0 bridgehead atoms. The lowest BCUT2D eigenvalue weighted by molar-refractivity contribution is -0.119. The number of rotatable bonds is 2. The fourth-order valence-corrected chi connectivity index (χ4v) is 3.18. The molecule has 1 amide bonds. The van der Waals surface area contributed by atoms with Crippen molar-refractivity contribution in [3.63, 3.8) is 0 Å². The smallest absolute Gasteiger partial charge is 0.228 e. The number of halogens is 2. The molecule has 0 aliphatic heterocycles. The Morgan fingerprint density at radius 1 is 1.15 bits per heavy atom. The maximum absolute atomic E-state index is 13.0. The number of benzene rings is 2. The quantitative estimate of drug-likeness (QED) is 0.789. The van der Waals surface area contributed by atoms with Gasteiger partial charge in [0.2, 0.25) is 5.91 Å². The zero-order valence-electron chi connectivity index (χ0n) is 10.7. The van der Waals surface area contributed by atoms with Crippen molar-refractivity contribution >= 4 is 34.2 Å². The molecule has 0 saturated heterocycles. The third kappa shape index (κ3) is 2.70. The van der Waals surface area contributed by atoms with Crippen molar-refractivity contribution in [1.82, 2.24) is 0 Å². The number of hydrogen-bond acceptors (Lipinski definition) is 1. The van der Waals surface area contributed by atoms with Crippen LogP contribution in [0.4, 0.5) is 10.1 Å². The highest BCUT2D eigenvalue weighted by Gasteiger charge is 2.27. The zero-order chi connectivity index (χ0) is 14.1. The number of fused-ring (bicyclic) bond motifs is 1. The predicted octanol–water partition coefficient (Wildman–Crippen LogP) is 3.78. The van der Waals surface area contributed by atoms with E-state index in [1.165, 1.54) is 23.3 Å². The summed E-state index contributed by atoms with van der Waals surface area (Å²) in [5, 5.41) is 2.90. The SMILES string of the molecule is O=C(Nc1ccc(F)cc1I)C1Cc2ccccc2C1. The molecule has 20 heavy (non-hydrogen) atoms. The first kappa shape index (κ1) is 13.5. The van der Waals surface area contributed by atoms with Gasteiger partial charge in [0.1, 0.15) is 5.82 Å². The second kappa shape index (κ2) is 5.52. The van der Waals surface area contributed by atoms with Gasteiger partial charge in [-0.3, -0.25) is 4.79 Å². The molecule has 0 atom stereocenters. The summed E-state index contributed by atoms with van der Waals surface area (Å²) in [7, 11) is 0. The van der Waals surface area contributed by atoms with Crippen molar-refractivity contribution in [1.29, 1.82) is 0 Å². The molecule has 2 nitrogen and oxygen atoms in total. The number of hydrogen-bond donors (Lipinski definition) is 1. The van der Waals surface area contributed by atoms with Crippen LogP contribution in [-0.4, -0.2) is 5.91 Å². The average molecular weight is 381 g/mol. The van der Waals surface area contributed by atoms with E-state index in [0.717, 1.165) is 12.8 Å². The third-order valence-corrected chi connectivity index (χ3v) is 4.50. The van der Waals surface area contributed by atoms with Gasteiger partial charge in [0.05, 0.1) is 5.69 Å². The Hall–Kier alpha value is -1.43. The summed E-state index contributed by atoms with van der Waals surface area (Å²) in [4.78, 5) is 12.3. The van der Waals surface area contributed by atoms with Gasteiger partial charge in [0, 0.05) is 9.49 Å². The van der Waals surface area contributed by atoms with Crippen LogP contribution < -0.4 is 5.32 Å². The van der Waals surface area contributed by atoms with Crippen LogP contribution in [0.5, 0.6) is 0 Å². The molecule has 102 valence electrons. The van der Waals surface area contributed by atoms with Gasteiger partial charge in [-0.2, -0.15) is 0 Å². The molecule has 0 radical (unpaired) electrons. The summed E-state index contributed by atoms with van der Waals surface area (Å²) >= 11 is 2.03. The molecule has 0 fully saturated rings. The van der Waals surface area contributed by atoms with Gasteiger partial charge >= 0.3 is 0 Å². The standard InChI is InChI=1S/C16H13FINO/c17-13-5-6-15(14(18)9-13)19-16(20)12-7-10-3-1-2-4-11(10)8-12/h1-6,9,12H,7-8H2,(H,19,20). The lowest BCUT2D eigenvalue weighted by Gasteiger charge is -2.11. The molecule has 3 rings (SSSR count). The predicted molar refractivity (Wildman–Crippen MR) is 85.1 cm³/mol. The van der Waals surface area contributed by atoms with E-state index in [4.69, 9.17) is 0 Å². The van der Waals surface area contributed by atoms with Crippen LogP contribution in [0.25, 0.3) is 0 Å². The Balaban J connectivity index is 1.72. The molecular formula is C16H13FINO.